The minimum Gasteiger partial charge on any atom is -0.394 e. The van der Waals surface area contributed by atoms with Gasteiger partial charge in [0.15, 0.2) is 0 Å². The number of carbonyl (C=O) groups is 1. The van der Waals surface area contributed by atoms with Crippen LogP contribution in [-0.2, 0) is 0 Å². The summed E-state index contributed by atoms with van der Waals surface area (Å²) in [6.45, 7) is 2.00. The minimum atomic E-state index is -0.415. The standard InChI is InChI=1S/C14H18BrNO2/c1-10-4-5-11(12(15)8-10)13(18)16-14(9-17)6-2-3-7-14/h4-5,8,17H,2-3,6-7,9H2,1H3,(H,16,18). The van der Waals surface area contributed by atoms with Crippen LogP contribution in [0.2, 0.25) is 0 Å². The fraction of sp³-hybridized carbons (Fsp3) is 0.500. The van der Waals surface area contributed by atoms with Crippen LogP contribution < -0.4 is 5.32 Å². The van der Waals surface area contributed by atoms with E-state index in [1.165, 1.54) is 0 Å². The van der Waals surface area contributed by atoms with Crippen LogP contribution in [0.15, 0.2) is 22.7 Å². The fourth-order valence-electron chi connectivity index (χ4n) is 2.49. The van der Waals surface area contributed by atoms with Crippen LogP contribution in [0.1, 0.15) is 41.6 Å². The van der Waals surface area contributed by atoms with Gasteiger partial charge in [0.05, 0.1) is 17.7 Å². The number of aliphatic hydroxyl groups excluding tert-OH is 1. The van der Waals surface area contributed by atoms with Gasteiger partial charge in [0, 0.05) is 4.47 Å². The summed E-state index contributed by atoms with van der Waals surface area (Å²) in [6.07, 6.45) is 3.85. The first-order chi connectivity index (χ1) is 8.56. The second-order valence-electron chi connectivity index (χ2n) is 5.08. The van der Waals surface area contributed by atoms with Gasteiger partial charge in [-0.3, -0.25) is 4.79 Å². The van der Waals surface area contributed by atoms with E-state index in [0.717, 1.165) is 35.7 Å². The predicted octanol–water partition coefficient (Wildman–Crippen LogP) is 2.79. The zero-order valence-corrected chi connectivity index (χ0v) is 12.1. The molecule has 0 atom stereocenters. The molecule has 18 heavy (non-hydrogen) atoms. The Bertz CT molecular complexity index is 453. The Morgan fingerprint density at radius 2 is 2.11 bits per heavy atom. The molecule has 0 saturated heterocycles. The predicted molar refractivity (Wildman–Crippen MR) is 74.6 cm³/mol. The molecule has 1 aromatic rings. The van der Waals surface area contributed by atoms with Crippen molar-refractivity contribution in [2.75, 3.05) is 6.61 Å². The average molecular weight is 312 g/mol. The van der Waals surface area contributed by atoms with E-state index in [2.05, 4.69) is 21.2 Å². The van der Waals surface area contributed by atoms with Crippen LogP contribution in [0.3, 0.4) is 0 Å². The Hall–Kier alpha value is -0.870. The summed E-state index contributed by atoms with van der Waals surface area (Å²) in [6, 6.07) is 5.66. The van der Waals surface area contributed by atoms with Gasteiger partial charge in [0.1, 0.15) is 0 Å². The van der Waals surface area contributed by atoms with Gasteiger partial charge in [0.2, 0.25) is 0 Å². The van der Waals surface area contributed by atoms with Crippen molar-refractivity contribution in [3.05, 3.63) is 33.8 Å². The maximum absolute atomic E-state index is 12.2. The van der Waals surface area contributed by atoms with Crippen molar-refractivity contribution >= 4 is 21.8 Å². The molecule has 0 spiro atoms. The number of hydrogen-bond donors (Lipinski definition) is 2. The second kappa shape index (κ2) is 5.41. The number of amides is 1. The smallest absolute Gasteiger partial charge is 0.252 e. The van der Waals surface area contributed by atoms with Crippen LogP contribution in [0.4, 0.5) is 0 Å². The molecule has 0 heterocycles. The fourth-order valence-corrected chi connectivity index (χ4v) is 3.16. The monoisotopic (exact) mass is 311 g/mol. The molecule has 4 heteroatoms. The highest BCUT2D eigenvalue weighted by molar-refractivity contribution is 9.10. The topological polar surface area (TPSA) is 49.3 Å². The molecule has 1 aromatic carbocycles. The van der Waals surface area contributed by atoms with E-state index in [0.29, 0.717) is 5.56 Å². The third-order valence-electron chi connectivity index (χ3n) is 3.61. The first-order valence-corrected chi connectivity index (χ1v) is 7.05. The Kier molecular flexibility index (Phi) is 4.07. The van der Waals surface area contributed by atoms with E-state index < -0.39 is 5.54 Å². The molecule has 2 rings (SSSR count). The number of rotatable bonds is 3. The van der Waals surface area contributed by atoms with Gasteiger partial charge in [-0.2, -0.15) is 0 Å². The number of carbonyl (C=O) groups excluding carboxylic acids is 1. The van der Waals surface area contributed by atoms with E-state index in [-0.39, 0.29) is 12.5 Å². The van der Waals surface area contributed by atoms with Gasteiger partial charge >= 0.3 is 0 Å². The van der Waals surface area contributed by atoms with Gasteiger partial charge in [-0.1, -0.05) is 18.9 Å². The maximum atomic E-state index is 12.2. The molecule has 1 amide bonds. The summed E-state index contributed by atoms with van der Waals surface area (Å²) in [5.41, 5.74) is 1.32. The number of aryl methyl sites for hydroxylation is 1. The van der Waals surface area contributed by atoms with Crippen molar-refractivity contribution in [2.45, 2.75) is 38.1 Å². The molecule has 0 aromatic heterocycles. The molecule has 2 N–H and O–H groups in total. The molecule has 1 aliphatic carbocycles. The normalized spacial score (nSPS) is 17.7. The van der Waals surface area contributed by atoms with Gasteiger partial charge in [-0.05, 0) is 53.4 Å². The second-order valence-corrected chi connectivity index (χ2v) is 5.94. The SMILES string of the molecule is Cc1ccc(C(=O)NC2(CO)CCCC2)c(Br)c1. The van der Waals surface area contributed by atoms with Crippen LogP contribution in [-0.4, -0.2) is 23.2 Å². The molecule has 0 radical (unpaired) electrons. The summed E-state index contributed by atoms with van der Waals surface area (Å²) < 4.78 is 0.797. The highest BCUT2D eigenvalue weighted by Crippen LogP contribution is 2.30. The molecule has 3 nitrogen and oxygen atoms in total. The lowest BCUT2D eigenvalue weighted by atomic mass is 9.98. The number of aliphatic hydroxyl groups is 1. The molecule has 0 aliphatic heterocycles. The van der Waals surface area contributed by atoms with Crippen LogP contribution in [0.25, 0.3) is 0 Å². The Balaban J connectivity index is 2.16. The lowest BCUT2D eigenvalue weighted by Crippen LogP contribution is -2.49. The number of benzene rings is 1. The Labute approximate surface area is 116 Å². The highest BCUT2D eigenvalue weighted by atomic mass is 79.9. The summed E-state index contributed by atoms with van der Waals surface area (Å²) in [5.74, 6) is -0.113. The number of halogens is 1. The maximum Gasteiger partial charge on any atom is 0.252 e. The quantitative estimate of drug-likeness (QED) is 0.902. The lowest BCUT2D eigenvalue weighted by Gasteiger charge is -2.28. The van der Waals surface area contributed by atoms with Crippen LogP contribution >= 0.6 is 15.9 Å². The molecule has 1 aliphatic rings. The Morgan fingerprint density at radius 3 is 2.67 bits per heavy atom. The van der Waals surface area contributed by atoms with Crippen molar-refractivity contribution in [2.24, 2.45) is 0 Å². The largest absolute Gasteiger partial charge is 0.394 e. The third kappa shape index (κ3) is 2.75. The molecule has 1 saturated carbocycles. The molecule has 0 unspecified atom stereocenters. The number of hydrogen-bond acceptors (Lipinski definition) is 2. The van der Waals surface area contributed by atoms with Crippen LogP contribution in [0.5, 0.6) is 0 Å². The van der Waals surface area contributed by atoms with Gasteiger partial charge < -0.3 is 10.4 Å². The average Bonchev–Trinajstić information content (AvgIpc) is 2.78. The van der Waals surface area contributed by atoms with Crippen LogP contribution in [0, 0.1) is 6.92 Å². The van der Waals surface area contributed by atoms with Crippen molar-refractivity contribution in [3.8, 4) is 0 Å². The first kappa shape index (κ1) is 13.6. The molecule has 98 valence electrons. The Morgan fingerprint density at radius 1 is 1.44 bits per heavy atom. The lowest BCUT2D eigenvalue weighted by molar-refractivity contribution is 0.0837. The van der Waals surface area contributed by atoms with Gasteiger partial charge in [0.25, 0.3) is 5.91 Å². The van der Waals surface area contributed by atoms with E-state index >= 15 is 0 Å². The van der Waals surface area contributed by atoms with Crippen molar-refractivity contribution in [1.82, 2.24) is 5.32 Å². The first-order valence-electron chi connectivity index (χ1n) is 6.26. The van der Waals surface area contributed by atoms with Crippen molar-refractivity contribution < 1.29 is 9.90 Å². The van der Waals surface area contributed by atoms with Gasteiger partial charge in [-0.15, -0.1) is 0 Å². The van der Waals surface area contributed by atoms with Crippen molar-refractivity contribution in [1.29, 1.82) is 0 Å². The highest BCUT2D eigenvalue weighted by Gasteiger charge is 2.35. The van der Waals surface area contributed by atoms with E-state index in [9.17, 15) is 9.90 Å². The molecule has 1 fully saturated rings. The minimum absolute atomic E-state index is 0.0161. The van der Waals surface area contributed by atoms with Crippen molar-refractivity contribution in [3.63, 3.8) is 0 Å². The third-order valence-corrected chi connectivity index (χ3v) is 4.27. The van der Waals surface area contributed by atoms with Gasteiger partial charge in [-0.25, -0.2) is 0 Å². The molecule has 0 bridgehead atoms. The molecular formula is C14H18BrNO2. The summed E-state index contributed by atoms with van der Waals surface area (Å²) in [4.78, 5) is 12.2. The zero-order valence-electron chi connectivity index (χ0n) is 10.5. The number of nitrogens with one attached hydrogen (secondary N) is 1. The summed E-state index contributed by atoms with van der Waals surface area (Å²) in [7, 11) is 0. The zero-order chi connectivity index (χ0) is 13.2. The summed E-state index contributed by atoms with van der Waals surface area (Å²) in [5, 5.41) is 12.5. The van der Waals surface area contributed by atoms with E-state index in [4.69, 9.17) is 0 Å². The van der Waals surface area contributed by atoms with E-state index in [1.54, 1.807) is 0 Å². The summed E-state index contributed by atoms with van der Waals surface area (Å²) >= 11 is 3.41. The van der Waals surface area contributed by atoms with E-state index in [1.807, 2.05) is 25.1 Å². The molecular weight excluding hydrogens is 294 g/mol.